The Morgan fingerprint density at radius 2 is 1.93 bits per heavy atom. The van der Waals surface area contributed by atoms with Gasteiger partial charge >= 0.3 is 0 Å². The van der Waals surface area contributed by atoms with Crippen molar-refractivity contribution in [3.05, 3.63) is 69.5 Å². The van der Waals surface area contributed by atoms with E-state index < -0.39 is 0 Å². The molecule has 0 radical (unpaired) electrons. The molecule has 0 saturated carbocycles. The Labute approximate surface area is 172 Å². The maximum Gasteiger partial charge on any atom is 0.231 e. The number of carbonyl (C=O) groups excluding carboxylic acids is 1. The highest BCUT2D eigenvalue weighted by Gasteiger charge is 2.13. The average molecular weight is 410 g/mol. The first-order valence-corrected chi connectivity index (χ1v) is 10.7. The molecule has 7 heteroatoms. The lowest BCUT2D eigenvalue weighted by Gasteiger charge is -2.07. The topological polar surface area (TPSA) is 80.4 Å². The second-order valence-electron chi connectivity index (χ2n) is 6.85. The van der Waals surface area contributed by atoms with Gasteiger partial charge in [-0.1, -0.05) is 19.1 Å². The van der Waals surface area contributed by atoms with Gasteiger partial charge in [-0.15, -0.1) is 11.8 Å². The number of aromatic nitrogens is 1. The van der Waals surface area contributed by atoms with E-state index in [9.17, 15) is 9.59 Å². The molecule has 0 fully saturated rings. The van der Waals surface area contributed by atoms with Crippen LogP contribution in [0.5, 0.6) is 11.5 Å². The van der Waals surface area contributed by atoms with Gasteiger partial charge in [0.15, 0.2) is 16.9 Å². The summed E-state index contributed by atoms with van der Waals surface area (Å²) in [6, 6.07) is 13.2. The highest BCUT2D eigenvalue weighted by Crippen LogP contribution is 2.32. The van der Waals surface area contributed by atoms with Gasteiger partial charge in [0.25, 0.3) is 0 Å². The second-order valence-corrected chi connectivity index (χ2v) is 7.84. The molecule has 3 aromatic rings. The Kier molecular flexibility index (Phi) is 5.76. The van der Waals surface area contributed by atoms with Gasteiger partial charge in [-0.25, -0.2) is 0 Å². The third-order valence-electron chi connectivity index (χ3n) is 4.78. The summed E-state index contributed by atoms with van der Waals surface area (Å²) in [6.45, 7) is 2.74. The number of aryl methyl sites for hydroxylation is 1. The van der Waals surface area contributed by atoms with Crippen LogP contribution in [0.4, 0.5) is 0 Å². The van der Waals surface area contributed by atoms with Crippen LogP contribution in [0.1, 0.15) is 23.7 Å². The number of aromatic amines is 1. The molecule has 2 heterocycles. The van der Waals surface area contributed by atoms with E-state index in [1.165, 1.54) is 11.8 Å². The zero-order valence-electron chi connectivity index (χ0n) is 16.1. The zero-order chi connectivity index (χ0) is 20.2. The first-order valence-electron chi connectivity index (χ1n) is 9.50. The van der Waals surface area contributed by atoms with Crippen LogP contribution >= 0.6 is 11.8 Å². The molecule has 2 N–H and O–H groups in total. The zero-order valence-corrected chi connectivity index (χ0v) is 16.9. The number of fused-ring (bicyclic) bond motifs is 2. The molecule has 1 aliphatic rings. The lowest BCUT2D eigenvalue weighted by Crippen LogP contribution is -2.24. The van der Waals surface area contributed by atoms with Crippen molar-refractivity contribution >= 4 is 28.6 Å². The molecule has 6 nitrogen and oxygen atoms in total. The van der Waals surface area contributed by atoms with E-state index >= 15 is 0 Å². The second kappa shape index (κ2) is 8.61. The first-order chi connectivity index (χ1) is 14.1. The molecule has 0 bridgehead atoms. The van der Waals surface area contributed by atoms with Crippen molar-refractivity contribution in [3.63, 3.8) is 0 Å². The van der Waals surface area contributed by atoms with E-state index in [4.69, 9.17) is 9.47 Å². The van der Waals surface area contributed by atoms with Crippen molar-refractivity contribution in [1.29, 1.82) is 0 Å². The molecule has 0 saturated heterocycles. The molecule has 1 aliphatic heterocycles. The summed E-state index contributed by atoms with van der Waals surface area (Å²) in [5, 5.41) is 3.61. The highest BCUT2D eigenvalue weighted by atomic mass is 32.2. The molecule has 0 aliphatic carbocycles. The van der Waals surface area contributed by atoms with Gasteiger partial charge in [-0.05, 0) is 41.8 Å². The van der Waals surface area contributed by atoms with Crippen molar-refractivity contribution in [2.75, 3.05) is 12.5 Å². The van der Waals surface area contributed by atoms with E-state index in [2.05, 4.69) is 17.2 Å². The van der Waals surface area contributed by atoms with E-state index in [0.29, 0.717) is 29.2 Å². The Hall–Kier alpha value is -2.93. The Morgan fingerprint density at radius 3 is 2.79 bits per heavy atom. The van der Waals surface area contributed by atoms with Crippen molar-refractivity contribution < 1.29 is 14.3 Å². The number of benzene rings is 2. The van der Waals surface area contributed by atoms with Crippen molar-refractivity contribution in [2.45, 2.75) is 25.6 Å². The quantitative estimate of drug-likeness (QED) is 0.624. The monoisotopic (exact) mass is 410 g/mol. The molecule has 2 aromatic carbocycles. The molecule has 1 aromatic heterocycles. The van der Waals surface area contributed by atoms with E-state index in [1.54, 1.807) is 6.07 Å². The van der Waals surface area contributed by atoms with Gasteiger partial charge in [-0.2, -0.15) is 0 Å². The minimum Gasteiger partial charge on any atom is -0.454 e. The van der Waals surface area contributed by atoms with E-state index in [-0.39, 0.29) is 18.1 Å². The van der Waals surface area contributed by atoms with Gasteiger partial charge < -0.3 is 19.8 Å². The number of hydrogen-bond donors (Lipinski definition) is 2. The summed E-state index contributed by atoms with van der Waals surface area (Å²) in [5.74, 6) is 2.27. The van der Waals surface area contributed by atoms with Crippen molar-refractivity contribution in [3.8, 4) is 11.5 Å². The Balaban J connectivity index is 1.29. The predicted octanol–water partition coefficient (Wildman–Crippen LogP) is 3.37. The molecule has 0 unspecified atom stereocenters. The van der Waals surface area contributed by atoms with E-state index in [0.717, 1.165) is 34.5 Å². The van der Waals surface area contributed by atoms with Gasteiger partial charge in [0, 0.05) is 35.0 Å². The Morgan fingerprint density at radius 1 is 1.10 bits per heavy atom. The van der Waals surface area contributed by atoms with Gasteiger partial charge in [0.1, 0.15) is 0 Å². The highest BCUT2D eigenvalue weighted by molar-refractivity contribution is 7.99. The lowest BCUT2D eigenvalue weighted by molar-refractivity contribution is -0.118. The summed E-state index contributed by atoms with van der Waals surface area (Å²) >= 11 is 1.47. The largest absolute Gasteiger partial charge is 0.454 e. The maximum absolute atomic E-state index is 12.4. The summed E-state index contributed by atoms with van der Waals surface area (Å²) in [6.07, 6.45) is 0.897. The van der Waals surface area contributed by atoms with E-state index in [1.807, 2.05) is 36.4 Å². The van der Waals surface area contributed by atoms with Crippen molar-refractivity contribution in [2.24, 2.45) is 0 Å². The van der Waals surface area contributed by atoms with Crippen LogP contribution in [0.2, 0.25) is 0 Å². The number of rotatable bonds is 7. The number of amides is 1. The molecule has 0 atom stereocenters. The van der Waals surface area contributed by atoms with Crippen molar-refractivity contribution in [1.82, 2.24) is 10.3 Å². The van der Waals surface area contributed by atoms with Crippen LogP contribution in [0.3, 0.4) is 0 Å². The third-order valence-corrected chi connectivity index (χ3v) is 5.76. The normalized spacial score (nSPS) is 12.3. The van der Waals surface area contributed by atoms with Crippen LogP contribution in [0.15, 0.2) is 47.3 Å². The van der Waals surface area contributed by atoms with Crippen LogP contribution in [0, 0.1) is 0 Å². The molecule has 29 heavy (non-hydrogen) atoms. The van der Waals surface area contributed by atoms with Crippen LogP contribution < -0.4 is 20.2 Å². The number of nitrogens with one attached hydrogen (secondary N) is 2. The number of ether oxygens (including phenoxy) is 2. The molecular formula is C22H22N2O4S. The molecule has 4 rings (SSSR count). The fourth-order valence-corrected chi connectivity index (χ4v) is 3.97. The van der Waals surface area contributed by atoms with Gasteiger partial charge in [0.05, 0.1) is 5.75 Å². The van der Waals surface area contributed by atoms with Gasteiger partial charge in [-0.3, -0.25) is 9.59 Å². The van der Waals surface area contributed by atoms with Crippen LogP contribution in [-0.2, 0) is 23.5 Å². The minimum absolute atomic E-state index is 0.0110. The number of thioether (sulfide) groups is 1. The summed E-state index contributed by atoms with van der Waals surface area (Å²) in [5.41, 5.74) is 3.76. The predicted molar refractivity (Wildman–Crippen MR) is 115 cm³/mol. The maximum atomic E-state index is 12.4. The molecule has 0 spiro atoms. The number of carbonyl (C=O) groups is 1. The summed E-state index contributed by atoms with van der Waals surface area (Å²) in [4.78, 5) is 27.8. The summed E-state index contributed by atoms with van der Waals surface area (Å²) in [7, 11) is 0. The van der Waals surface area contributed by atoms with Crippen LogP contribution in [-0.4, -0.2) is 23.4 Å². The third kappa shape index (κ3) is 4.56. The Bertz CT molecular complexity index is 1110. The fourth-order valence-electron chi connectivity index (χ4n) is 3.20. The first kappa shape index (κ1) is 19.4. The number of pyridine rings is 1. The smallest absolute Gasteiger partial charge is 0.231 e. The number of H-pyrrole nitrogens is 1. The molecular weight excluding hydrogens is 388 g/mol. The SMILES string of the molecule is CCc1ccc2[nH]c(CSCC(=O)NCc3ccc4c(c3)OCO4)cc(=O)c2c1. The summed E-state index contributed by atoms with van der Waals surface area (Å²) < 4.78 is 10.6. The average Bonchev–Trinajstić information content (AvgIpc) is 3.20. The lowest BCUT2D eigenvalue weighted by atomic mass is 10.1. The molecule has 150 valence electrons. The number of hydrogen-bond acceptors (Lipinski definition) is 5. The van der Waals surface area contributed by atoms with Crippen LogP contribution in [0.25, 0.3) is 10.9 Å². The van der Waals surface area contributed by atoms with Gasteiger partial charge in [0.2, 0.25) is 12.7 Å². The molecule has 1 amide bonds. The fraction of sp³-hybridized carbons (Fsp3) is 0.273. The standard InChI is InChI=1S/C22H22N2O4S/c1-2-14-3-5-18-17(7-14)19(25)9-16(24-18)11-29-12-22(26)23-10-15-4-6-20-21(8-15)28-13-27-20/h3-9H,2,10-13H2,1H3,(H,23,26)(H,24,25). The minimum atomic E-state index is -0.0524.